The van der Waals surface area contributed by atoms with Crippen LogP contribution in [0.15, 0.2) is 22.8 Å². The van der Waals surface area contributed by atoms with Crippen molar-refractivity contribution < 1.29 is 0 Å². The van der Waals surface area contributed by atoms with Gasteiger partial charge in [0.25, 0.3) is 0 Å². The molecule has 4 heteroatoms. The van der Waals surface area contributed by atoms with E-state index in [1.165, 1.54) is 0 Å². The third-order valence-electron chi connectivity index (χ3n) is 3.25. The molecule has 2 rings (SSSR count). The minimum absolute atomic E-state index is 0.275. The SMILES string of the molecule is CC(C)(C)N1CCN(c2cccc(Br)n2)CC1. The van der Waals surface area contributed by atoms with Gasteiger partial charge in [0.05, 0.1) is 0 Å². The Kier molecular flexibility index (Phi) is 3.73. The van der Waals surface area contributed by atoms with E-state index in [2.05, 4.69) is 57.6 Å². The molecule has 0 aliphatic carbocycles. The van der Waals surface area contributed by atoms with Gasteiger partial charge in [0, 0.05) is 31.7 Å². The second-order valence-corrected chi connectivity index (χ2v) is 6.28. The number of anilines is 1. The van der Waals surface area contributed by atoms with Gasteiger partial charge in [-0.25, -0.2) is 4.98 Å². The molecule has 1 fully saturated rings. The number of nitrogens with zero attached hydrogens (tertiary/aromatic N) is 3. The van der Waals surface area contributed by atoms with Crippen LogP contribution < -0.4 is 4.90 Å². The molecule has 1 aromatic rings. The zero-order valence-electron chi connectivity index (χ0n) is 10.8. The van der Waals surface area contributed by atoms with Crippen molar-refractivity contribution in [2.75, 3.05) is 31.1 Å². The van der Waals surface area contributed by atoms with E-state index in [-0.39, 0.29) is 5.54 Å². The fourth-order valence-electron chi connectivity index (χ4n) is 2.18. The first-order valence-corrected chi connectivity index (χ1v) is 6.89. The van der Waals surface area contributed by atoms with Crippen LogP contribution in [-0.2, 0) is 0 Å². The van der Waals surface area contributed by atoms with E-state index in [0.29, 0.717) is 0 Å². The summed E-state index contributed by atoms with van der Waals surface area (Å²) in [6.45, 7) is 11.2. The first kappa shape index (κ1) is 12.8. The smallest absolute Gasteiger partial charge is 0.129 e. The average Bonchev–Trinajstić information content (AvgIpc) is 2.28. The molecule has 1 aliphatic rings. The van der Waals surface area contributed by atoms with Gasteiger partial charge in [0.15, 0.2) is 0 Å². The Hall–Kier alpha value is -0.610. The van der Waals surface area contributed by atoms with Crippen LogP contribution in [0.4, 0.5) is 5.82 Å². The molecule has 17 heavy (non-hydrogen) atoms. The van der Waals surface area contributed by atoms with Crippen LogP contribution in [0.1, 0.15) is 20.8 Å². The Bertz CT molecular complexity index is 378. The fourth-order valence-corrected chi connectivity index (χ4v) is 2.51. The highest BCUT2D eigenvalue weighted by atomic mass is 79.9. The molecule has 0 spiro atoms. The molecule has 0 unspecified atom stereocenters. The minimum atomic E-state index is 0.275. The number of pyridine rings is 1. The molecule has 0 aromatic carbocycles. The number of halogens is 1. The molecule has 0 atom stereocenters. The number of aromatic nitrogens is 1. The summed E-state index contributed by atoms with van der Waals surface area (Å²) in [4.78, 5) is 9.39. The van der Waals surface area contributed by atoms with Gasteiger partial charge in [-0.15, -0.1) is 0 Å². The summed E-state index contributed by atoms with van der Waals surface area (Å²) in [5, 5.41) is 0. The normalized spacial score (nSPS) is 18.5. The number of hydrogen-bond acceptors (Lipinski definition) is 3. The van der Waals surface area contributed by atoms with Crippen LogP contribution in [0.2, 0.25) is 0 Å². The van der Waals surface area contributed by atoms with E-state index in [1.54, 1.807) is 0 Å². The highest BCUT2D eigenvalue weighted by Gasteiger charge is 2.26. The van der Waals surface area contributed by atoms with Gasteiger partial charge in [-0.3, -0.25) is 4.90 Å². The summed E-state index contributed by atoms with van der Waals surface area (Å²) < 4.78 is 0.910. The monoisotopic (exact) mass is 297 g/mol. The molecule has 0 bridgehead atoms. The zero-order valence-corrected chi connectivity index (χ0v) is 12.4. The molecule has 1 aromatic heterocycles. The number of piperazine rings is 1. The van der Waals surface area contributed by atoms with Gasteiger partial charge in [-0.1, -0.05) is 6.07 Å². The van der Waals surface area contributed by atoms with Crippen molar-refractivity contribution in [1.82, 2.24) is 9.88 Å². The molecule has 0 amide bonds. The molecular weight excluding hydrogens is 278 g/mol. The van der Waals surface area contributed by atoms with Crippen molar-refractivity contribution in [3.05, 3.63) is 22.8 Å². The molecular formula is C13H20BrN3. The highest BCUT2D eigenvalue weighted by molar-refractivity contribution is 9.10. The maximum atomic E-state index is 4.51. The minimum Gasteiger partial charge on any atom is -0.354 e. The molecule has 0 radical (unpaired) electrons. The lowest BCUT2D eigenvalue weighted by molar-refractivity contribution is 0.128. The predicted molar refractivity (Wildman–Crippen MR) is 75.5 cm³/mol. The lowest BCUT2D eigenvalue weighted by atomic mass is 10.1. The molecule has 0 saturated carbocycles. The Morgan fingerprint density at radius 2 is 1.76 bits per heavy atom. The first-order valence-electron chi connectivity index (χ1n) is 6.09. The molecule has 0 N–H and O–H groups in total. The van der Waals surface area contributed by atoms with E-state index in [0.717, 1.165) is 36.6 Å². The Morgan fingerprint density at radius 3 is 2.29 bits per heavy atom. The topological polar surface area (TPSA) is 19.4 Å². The molecule has 1 aliphatic heterocycles. The van der Waals surface area contributed by atoms with Gasteiger partial charge in [0.1, 0.15) is 10.4 Å². The van der Waals surface area contributed by atoms with Crippen LogP contribution >= 0.6 is 15.9 Å². The first-order chi connectivity index (χ1) is 7.97. The van der Waals surface area contributed by atoms with Crippen molar-refractivity contribution in [2.45, 2.75) is 26.3 Å². The van der Waals surface area contributed by atoms with Gasteiger partial charge < -0.3 is 4.90 Å². The van der Waals surface area contributed by atoms with Gasteiger partial charge in [-0.2, -0.15) is 0 Å². The van der Waals surface area contributed by atoms with E-state index < -0.39 is 0 Å². The summed E-state index contributed by atoms with van der Waals surface area (Å²) in [5.41, 5.74) is 0.275. The highest BCUT2D eigenvalue weighted by Crippen LogP contribution is 2.20. The average molecular weight is 298 g/mol. The van der Waals surface area contributed by atoms with Gasteiger partial charge in [-0.05, 0) is 48.8 Å². The van der Waals surface area contributed by atoms with E-state index in [1.807, 2.05) is 12.1 Å². The van der Waals surface area contributed by atoms with E-state index in [9.17, 15) is 0 Å². The maximum absolute atomic E-state index is 4.51. The molecule has 3 nitrogen and oxygen atoms in total. The summed E-state index contributed by atoms with van der Waals surface area (Å²) in [6, 6.07) is 6.09. The lowest BCUT2D eigenvalue weighted by Crippen LogP contribution is -2.53. The van der Waals surface area contributed by atoms with Crippen molar-refractivity contribution in [1.29, 1.82) is 0 Å². The predicted octanol–water partition coefficient (Wildman–Crippen LogP) is 2.76. The molecule has 1 saturated heterocycles. The van der Waals surface area contributed by atoms with Crippen LogP contribution in [0, 0.1) is 0 Å². The molecule has 2 heterocycles. The second-order valence-electron chi connectivity index (χ2n) is 5.46. The van der Waals surface area contributed by atoms with Crippen LogP contribution in [0.3, 0.4) is 0 Å². The van der Waals surface area contributed by atoms with E-state index in [4.69, 9.17) is 0 Å². The Labute approximate surface area is 112 Å². The third-order valence-corrected chi connectivity index (χ3v) is 3.69. The van der Waals surface area contributed by atoms with Crippen LogP contribution in [0.5, 0.6) is 0 Å². The van der Waals surface area contributed by atoms with Gasteiger partial charge in [0.2, 0.25) is 0 Å². The standard InChI is InChI=1S/C13H20BrN3/c1-13(2,3)17-9-7-16(8-10-17)12-6-4-5-11(14)15-12/h4-6H,7-10H2,1-3H3. The quantitative estimate of drug-likeness (QED) is 0.743. The molecule has 94 valence electrons. The van der Waals surface area contributed by atoms with Crippen molar-refractivity contribution >= 4 is 21.7 Å². The lowest BCUT2D eigenvalue weighted by Gasteiger charge is -2.42. The van der Waals surface area contributed by atoms with Crippen LogP contribution in [0.25, 0.3) is 0 Å². The van der Waals surface area contributed by atoms with Crippen LogP contribution in [-0.4, -0.2) is 41.6 Å². The number of rotatable bonds is 1. The number of hydrogen-bond donors (Lipinski definition) is 0. The third kappa shape index (κ3) is 3.19. The summed E-state index contributed by atoms with van der Waals surface area (Å²) in [6.07, 6.45) is 0. The largest absolute Gasteiger partial charge is 0.354 e. The van der Waals surface area contributed by atoms with Crippen molar-refractivity contribution in [3.63, 3.8) is 0 Å². The summed E-state index contributed by atoms with van der Waals surface area (Å²) >= 11 is 3.42. The fraction of sp³-hybridized carbons (Fsp3) is 0.615. The van der Waals surface area contributed by atoms with Gasteiger partial charge >= 0.3 is 0 Å². The Balaban J connectivity index is 2.00. The van der Waals surface area contributed by atoms with Crippen molar-refractivity contribution in [3.8, 4) is 0 Å². The zero-order chi connectivity index (χ0) is 12.5. The van der Waals surface area contributed by atoms with Crippen molar-refractivity contribution in [2.24, 2.45) is 0 Å². The van der Waals surface area contributed by atoms with E-state index >= 15 is 0 Å². The summed E-state index contributed by atoms with van der Waals surface area (Å²) in [7, 11) is 0. The summed E-state index contributed by atoms with van der Waals surface area (Å²) in [5.74, 6) is 1.08. The second kappa shape index (κ2) is 4.94. The Morgan fingerprint density at radius 1 is 1.12 bits per heavy atom. The maximum Gasteiger partial charge on any atom is 0.129 e.